The average Bonchev–Trinajstić information content (AvgIpc) is 2.67. The van der Waals surface area contributed by atoms with Crippen LogP contribution in [0.4, 0.5) is 0 Å². The van der Waals surface area contributed by atoms with Crippen molar-refractivity contribution in [3.63, 3.8) is 0 Å². The van der Waals surface area contributed by atoms with Crippen molar-refractivity contribution in [3.05, 3.63) is 23.8 Å². The molecule has 2 saturated carbocycles. The molecule has 0 aromatic rings. The van der Waals surface area contributed by atoms with Crippen LogP contribution in [0.1, 0.15) is 59.3 Å². The third kappa shape index (κ3) is 1.89. The van der Waals surface area contributed by atoms with E-state index in [0.717, 1.165) is 12.8 Å². The molecule has 0 unspecified atom stereocenters. The van der Waals surface area contributed by atoms with Gasteiger partial charge in [0.05, 0.1) is 5.57 Å². The largest absolute Gasteiger partial charge is 0.455 e. The third-order valence-corrected chi connectivity index (χ3v) is 7.57. The van der Waals surface area contributed by atoms with Crippen LogP contribution in [0.15, 0.2) is 23.8 Å². The Balaban J connectivity index is 1.75. The lowest BCUT2D eigenvalue weighted by atomic mass is 9.45. The van der Waals surface area contributed by atoms with E-state index in [-0.39, 0.29) is 11.0 Å². The van der Waals surface area contributed by atoms with E-state index in [9.17, 15) is 9.90 Å². The standard InChI is InChI=1S/C20H28O3/c1-12-17(21)23-16-10-14-13(11-20(12,16)22)6-7-15-18(2,3)8-5-9-19(14,15)4/h11,14-16,22H,1,5-10H2,2-4H3/t14-,15-,16-,19+,20+/m1/s1. The Labute approximate surface area is 138 Å². The first kappa shape index (κ1) is 15.4. The molecule has 3 heteroatoms. The first-order chi connectivity index (χ1) is 10.7. The van der Waals surface area contributed by atoms with Gasteiger partial charge in [-0.25, -0.2) is 4.79 Å². The van der Waals surface area contributed by atoms with Crippen molar-refractivity contribution in [2.75, 3.05) is 0 Å². The highest BCUT2D eigenvalue weighted by Crippen LogP contribution is 2.64. The molecule has 1 saturated heterocycles. The lowest BCUT2D eigenvalue weighted by Gasteiger charge is -2.59. The van der Waals surface area contributed by atoms with Crippen molar-refractivity contribution in [2.45, 2.75) is 71.0 Å². The van der Waals surface area contributed by atoms with E-state index >= 15 is 0 Å². The molecule has 1 aliphatic heterocycles. The number of aliphatic hydroxyl groups is 1. The Bertz CT molecular complexity index is 616. The quantitative estimate of drug-likeness (QED) is 0.420. The van der Waals surface area contributed by atoms with Crippen LogP contribution in [0, 0.1) is 22.7 Å². The van der Waals surface area contributed by atoms with Gasteiger partial charge in [-0.05, 0) is 60.8 Å². The lowest BCUT2D eigenvalue weighted by molar-refractivity contribution is -0.144. The Hall–Kier alpha value is -1.09. The Kier molecular flexibility index (Phi) is 3.02. The Morgan fingerprint density at radius 2 is 2.04 bits per heavy atom. The van der Waals surface area contributed by atoms with Crippen LogP contribution in [0.25, 0.3) is 0 Å². The van der Waals surface area contributed by atoms with E-state index in [1.165, 1.54) is 31.3 Å². The summed E-state index contributed by atoms with van der Waals surface area (Å²) in [6, 6.07) is 0. The number of hydrogen-bond donors (Lipinski definition) is 1. The topological polar surface area (TPSA) is 46.5 Å². The number of carbonyl (C=O) groups is 1. The summed E-state index contributed by atoms with van der Waals surface area (Å²) < 4.78 is 5.47. The van der Waals surface area contributed by atoms with Crippen LogP contribution in [0.5, 0.6) is 0 Å². The summed E-state index contributed by atoms with van der Waals surface area (Å²) in [6.45, 7) is 11.1. The number of hydrogen-bond acceptors (Lipinski definition) is 3. The molecule has 0 radical (unpaired) electrons. The summed E-state index contributed by atoms with van der Waals surface area (Å²) in [5.74, 6) is 0.695. The van der Waals surface area contributed by atoms with Gasteiger partial charge in [-0.15, -0.1) is 0 Å². The van der Waals surface area contributed by atoms with Gasteiger partial charge in [-0.3, -0.25) is 0 Å². The minimum Gasteiger partial charge on any atom is -0.455 e. The van der Waals surface area contributed by atoms with Crippen LogP contribution >= 0.6 is 0 Å². The van der Waals surface area contributed by atoms with E-state index in [2.05, 4.69) is 27.4 Å². The molecule has 0 aromatic heterocycles. The summed E-state index contributed by atoms with van der Waals surface area (Å²) in [6.07, 6.45) is 8.26. The smallest absolute Gasteiger partial charge is 0.337 e. The van der Waals surface area contributed by atoms with Gasteiger partial charge in [0.2, 0.25) is 0 Å². The number of carbonyl (C=O) groups excluding carboxylic acids is 1. The van der Waals surface area contributed by atoms with Crippen molar-refractivity contribution in [1.82, 2.24) is 0 Å². The molecule has 4 aliphatic rings. The maximum atomic E-state index is 11.9. The van der Waals surface area contributed by atoms with Crippen LogP contribution in [-0.2, 0) is 9.53 Å². The zero-order valence-corrected chi connectivity index (χ0v) is 14.5. The van der Waals surface area contributed by atoms with E-state index in [1.807, 2.05) is 6.08 Å². The fourth-order valence-corrected chi connectivity index (χ4v) is 6.36. The molecule has 5 atom stereocenters. The van der Waals surface area contributed by atoms with Gasteiger partial charge >= 0.3 is 5.97 Å². The first-order valence-electron chi connectivity index (χ1n) is 9.03. The van der Waals surface area contributed by atoms with Crippen LogP contribution < -0.4 is 0 Å². The summed E-state index contributed by atoms with van der Waals surface area (Å²) in [7, 11) is 0. The zero-order chi connectivity index (χ0) is 16.6. The van der Waals surface area contributed by atoms with Gasteiger partial charge in [-0.1, -0.05) is 39.3 Å². The highest BCUT2D eigenvalue weighted by molar-refractivity contribution is 5.94. The van der Waals surface area contributed by atoms with Crippen LogP contribution in [-0.4, -0.2) is 22.8 Å². The Morgan fingerprint density at radius 3 is 2.78 bits per heavy atom. The molecule has 4 rings (SSSR count). The summed E-state index contributed by atoms with van der Waals surface area (Å²) in [5.41, 5.74) is 0.909. The van der Waals surface area contributed by atoms with Crippen molar-refractivity contribution in [2.24, 2.45) is 22.7 Å². The fraction of sp³-hybridized carbons (Fsp3) is 0.750. The Morgan fingerprint density at radius 1 is 1.30 bits per heavy atom. The van der Waals surface area contributed by atoms with Crippen molar-refractivity contribution in [1.29, 1.82) is 0 Å². The van der Waals surface area contributed by atoms with E-state index in [1.54, 1.807) is 0 Å². The van der Waals surface area contributed by atoms with Crippen LogP contribution in [0.3, 0.4) is 0 Å². The van der Waals surface area contributed by atoms with Gasteiger partial charge in [0, 0.05) is 0 Å². The summed E-state index contributed by atoms with van der Waals surface area (Å²) >= 11 is 0. The van der Waals surface area contributed by atoms with Gasteiger partial charge < -0.3 is 9.84 Å². The maximum absolute atomic E-state index is 11.9. The van der Waals surface area contributed by atoms with E-state index < -0.39 is 17.7 Å². The molecule has 126 valence electrons. The van der Waals surface area contributed by atoms with Crippen molar-refractivity contribution in [3.8, 4) is 0 Å². The van der Waals surface area contributed by atoms with Gasteiger partial charge in [0.25, 0.3) is 0 Å². The minimum atomic E-state index is -1.27. The molecule has 1 N–H and O–H groups in total. The number of ether oxygens (including phenoxy) is 1. The summed E-state index contributed by atoms with van der Waals surface area (Å²) in [5, 5.41) is 10.9. The normalized spacial score (nSPS) is 48.0. The molecule has 3 aliphatic carbocycles. The molecule has 23 heavy (non-hydrogen) atoms. The maximum Gasteiger partial charge on any atom is 0.337 e. The highest BCUT2D eigenvalue weighted by Gasteiger charge is 2.60. The van der Waals surface area contributed by atoms with Crippen LogP contribution in [0.2, 0.25) is 0 Å². The van der Waals surface area contributed by atoms with Gasteiger partial charge in [-0.2, -0.15) is 0 Å². The molecule has 3 fully saturated rings. The van der Waals surface area contributed by atoms with Gasteiger partial charge in [0.1, 0.15) is 6.10 Å². The second-order valence-electron chi connectivity index (χ2n) is 9.14. The molecule has 0 amide bonds. The lowest BCUT2D eigenvalue weighted by Crippen LogP contribution is -2.54. The number of esters is 1. The molecule has 0 bridgehead atoms. The summed E-state index contributed by atoms with van der Waals surface area (Å²) in [4.78, 5) is 11.9. The fourth-order valence-electron chi connectivity index (χ4n) is 6.36. The first-order valence-corrected chi connectivity index (χ1v) is 9.03. The van der Waals surface area contributed by atoms with Gasteiger partial charge in [0.15, 0.2) is 5.60 Å². The number of fused-ring (bicyclic) bond motifs is 4. The van der Waals surface area contributed by atoms with E-state index in [4.69, 9.17) is 4.74 Å². The van der Waals surface area contributed by atoms with Crippen molar-refractivity contribution < 1.29 is 14.6 Å². The molecule has 3 nitrogen and oxygen atoms in total. The second-order valence-corrected chi connectivity index (χ2v) is 9.14. The second kappa shape index (κ2) is 4.50. The number of rotatable bonds is 0. The number of allylic oxidation sites excluding steroid dienone is 1. The molecular formula is C20H28O3. The monoisotopic (exact) mass is 316 g/mol. The predicted molar refractivity (Wildman–Crippen MR) is 88.6 cm³/mol. The zero-order valence-electron chi connectivity index (χ0n) is 14.5. The molecule has 0 aromatic carbocycles. The third-order valence-electron chi connectivity index (χ3n) is 7.57. The minimum absolute atomic E-state index is 0.213. The molecule has 1 heterocycles. The molecular weight excluding hydrogens is 288 g/mol. The highest BCUT2D eigenvalue weighted by atomic mass is 16.6. The predicted octanol–water partition coefficient (Wildman–Crippen LogP) is 3.77. The van der Waals surface area contributed by atoms with E-state index in [0.29, 0.717) is 17.3 Å². The average molecular weight is 316 g/mol. The van der Waals surface area contributed by atoms with Crippen molar-refractivity contribution >= 4 is 5.97 Å². The SMILES string of the molecule is C=C1C(=O)O[C@@H]2C[C@@H]3C(=C[C@]12O)CC[C@@H]1C(C)(C)CCC[C@@]31C. The molecule has 0 spiro atoms.